The second kappa shape index (κ2) is 9.01. The highest BCUT2D eigenvalue weighted by Crippen LogP contribution is 2.32. The molecule has 0 heterocycles. The van der Waals surface area contributed by atoms with E-state index in [9.17, 15) is 26.7 Å². The monoisotopic (exact) mass is 402 g/mol. The maximum Gasteiger partial charge on any atom is 0.416 e. The van der Waals surface area contributed by atoms with Crippen molar-refractivity contribution in [3.63, 3.8) is 0 Å². The quantitative estimate of drug-likeness (QED) is 0.679. The van der Waals surface area contributed by atoms with Crippen LogP contribution in [0.5, 0.6) is 5.75 Å². The molecular weight excluding hydrogens is 383 g/mol. The summed E-state index contributed by atoms with van der Waals surface area (Å²) in [6, 6.07) is 9.77. The summed E-state index contributed by atoms with van der Waals surface area (Å²) in [7, 11) is 1.54. The van der Waals surface area contributed by atoms with E-state index < -0.39 is 30.3 Å². The van der Waals surface area contributed by atoms with E-state index in [1.165, 1.54) is 54.4 Å². The number of nitrogens with zero attached hydrogens (tertiary/aromatic N) is 1. The number of halogens is 5. The fourth-order valence-corrected chi connectivity index (χ4v) is 2.51. The van der Waals surface area contributed by atoms with Crippen molar-refractivity contribution in [3.8, 4) is 5.75 Å². The van der Waals surface area contributed by atoms with Crippen LogP contribution < -0.4 is 10.1 Å². The van der Waals surface area contributed by atoms with Crippen molar-refractivity contribution >= 4 is 11.6 Å². The van der Waals surface area contributed by atoms with Gasteiger partial charge in [0.2, 0.25) is 5.91 Å². The Balaban J connectivity index is 2.01. The number of alkyl halides is 5. The fourth-order valence-electron chi connectivity index (χ4n) is 2.51. The summed E-state index contributed by atoms with van der Waals surface area (Å²) in [6.07, 6.45) is -4.48. The number of carbonyl (C=O) groups excluding carboxylic acids is 1. The molecule has 0 saturated carbocycles. The number of rotatable bonds is 7. The third-order valence-electron chi connectivity index (χ3n) is 4.13. The molecule has 4 nitrogen and oxygen atoms in total. The Labute approximate surface area is 158 Å². The third kappa shape index (κ3) is 5.91. The SMILES string of the molecule is CC(C(=O)Nc1ccc(OC(F)F)cc1)N(C)Cc1ccccc1C(F)(F)F. The number of carbonyl (C=O) groups is 1. The first-order valence-corrected chi connectivity index (χ1v) is 8.29. The van der Waals surface area contributed by atoms with Gasteiger partial charge >= 0.3 is 12.8 Å². The largest absolute Gasteiger partial charge is 0.435 e. The van der Waals surface area contributed by atoms with Gasteiger partial charge in [-0.15, -0.1) is 0 Å². The normalized spacial score (nSPS) is 12.9. The lowest BCUT2D eigenvalue weighted by Crippen LogP contribution is -2.39. The van der Waals surface area contributed by atoms with Gasteiger partial charge in [-0.2, -0.15) is 22.0 Å². The number of ether oxygens (including phenoxy) is 1. The summed E-state index contributed by atoms with van der Waals surface area (Å²) in [5, 5.41) is 2.59. The van der Waals surface area contributed by atoms with Gasteiger partial charge in [0.1, 0.15) is 5.75 Å². The molecule has 1 N–H and O–H groups in total. The van der Waals surface area contributed by atoms with E-state index in [0.29, 0.717) is 5.69 Å². The van der Waals surface area contributed by atoms with Gasteiger partial charge in [-0.05, 0) is 49.9 Å². The number of amides is 1. The topological polar surface area (TPSA) is 41.6 Å². The lowest BCUT2D eigenvalue weighted by atomic mass is 10.1. The summed E-state index contributed by atoms with van der Waals surface area (Å²) in [5.74, 6) is -0.503. The van der Waals surface area contributed by atoms with Crippen LogP contribution in [0.1, 0.15) is 18.1 Å². The summed E-state index contributed by atoms with van der Waals surface area (Å²) in [4.78, 5) is 13.8. The second-order valence-corrected chi connectivity index (χ2v) is 6.14. The Morgan fingerprint density at radius 3 is 2.29 bits per heavy atom. The second-order valence-electron chi connectivity index (χ2n) is 6.14. The average molecular weight is 402 g/mol. The molecule has 1 unspecified atom stereocenters. The molecule has 28 heavy (non-hydrogen) atoms. The van der Waals surface area contributed by atoms with Crippen LogP contribution in [0, 0.1) is 0 Å². The average Bonchev–Trinajstić information content (AvgIpc) is 2.61. The lowest BCUT2D eigenvalue weighted by molar-refractivity contribution is -0.138. The molecular formula is C19H19F5N2O2. The van der Waals surface area contributed by atoms with Crippen molar-refractivity contribution in [1.29, 1.82) is 0 Å². The van der Waals surface area contributed by atoms with Gasteiger partial charge in [0.25, 0.3) is 0 Å². The molecule has 0 aliphatic rings. The Kier molecular flexibility index (Phi) is 6.95. The summed E-state index contributed by atoms with van der Waals surface area (Å²) in [6.45, 7) is -1.47. The van der Waals surface area contributed by atoms with Crippen molar-refractivity contribution in [2.24, 2.45) is 0 Å². The number of anilines is 1. The molecule has 0 saturated heterocycles. The summed E-state index contributed by atoms with van der Waals surface area (Å²) >= 11 is 0. The summed E-state index contributed by atoms with van der Waals surface area (Å²) < 4.78 is 67.8. The van der Waals surface area contributed by atoms with Gasteiger partial charge in [0.15, 0.2) is 0 Å². The molecule has 1 atom stereocenters. The molecule has 2 aromatic rings. The Morgan fingerprint density at radius 1 is 1.11 bits per heavy atom. The van der Waals surface area contributed by atoms with Crippen LogP contribution in [0.4, 0.5) is 27.6 Å². The van der Waals surface area contributed by atoms with E-state index in [0.717, 1.165) is 6.07 Å². The number of hydrogen-bond donors (Lipinski definition) is 1. The van der Waals surface area contributed by atoms with Gasteiger partial charge in [0, 0.05) is 12.2 Å². The zero-order valence-corrected chi connectivity index (χ0v) is 15.1. The number of likely N-dealkylation sites (N-methyl/N-ethyl adjacent to an activating group) is 1. The Bertz CT molecular complexity index is 794. The van der Waals surface area contributed by atoms with E-state index >= 15 is 0 Å². The minimum Gasteiger partial charge on any atom is -0.435 e. The molecule has 1 amide bonds. The highest BCUT2D eigenvalue weighted by atomic mass is 19.4. The first-order valence-electron chi connectivity index (χ1n) is 8.29. The maximum atomic E-state index is 13.1. The van der Waals surface area contributed by atoms with Gasteiger partial charge in [-0.1, -0.05) is 18.2 Å². The summed E-state index contributed by atoms with van der Waals surface area (Å²) in [5.41, 5.74) is -0.336. The molecule has 0 aliphatic heterocycles. The highest BCUT2D eigenvalue weighted by molar-refractivity contribution is 5.94. The van der Waals surface area contributed by atoms with Crippen LogP contribution in [0.25, 0.3) is 0 Å². The molecule has 2 aromatic carbocycles. The van der Waals surface area contributed by atoms with Crippen LogP contribution in [-0.4, -0.2) is 30.5 Å². The maximum absolute atomic E-state index is 13.1. The first-order chi connectivity index (χ1) is 13.1. The number of nitrogens with one attached hydrogen (secondary N) is 1. The predicted octanol–water partition coefficient (Wildman–Crippen LogP) is 4.77. The first kappa shape index (κ1) is 21.6. The van der Waals surface area contributed by atoms with Crippen molar-refractivity contribution < 1.29 is 31.5 Å². The van der Waals surface area contributed by atoms with Gasteiger partial charge < -0.3 is 10.1 Å². The molecule has 9 heteroatoms. The van der Waals surface area contributed by atoms with E-state index in [4.69, 9.17) is 0 Å². The van der Waals surface area contributed by atoms with E-state index in [1.807, 2.05) is 0 Å². The van der Waals surface area contributed by atoms with Crippen molar-refractivity contribution in [2.45, 2.75) is 32.3 Å². The lowest BCUT2D eigenvalue weighted by Gasteiger charge is -2.25. The third-order valence-corrected chi connectivity index (χ3v) is 4.13. The number of hydrogen-bond acceptors (Lipinski definition) is 3. The zero-order chi connectivity index (χ0) is 20.9. The standard InChI is InChI=1S/C19H19F5N2O2/c1-12(17(27)25-14-7-9-15(10-8-14)28-18(20)21)26(2)11-13-5-3-4-6-16(13)19(22,23)24/h3-10,12,18H,11H2,1-2H3,(H,25,27). The van der Waals surface area contributed by atoms with Gasteiger partial charge in [-0.25, -0.2) is 0 Å². The van der Waals surface area contributed by atoms with E-state index in [2.05, 4.69) is 10.1 Å². The molecule has 0 radical (unpaired) electrons. The van der Waals surface area contributed by atoms with Crippen LogP contribution in [0.2, 0.25) is 0 Å². The van der Waals surface area contributed by atoms with E-state index in [1.54, 1.807) is 6.92 Å². The molecule has 0 bridgehead atoms. The minimum absolute atomic E-state index is 0.0538. The van der Waals surface area contributed by atoms with Crippen LogP contribution in [0.3, 0.4) is 0 Å². The zero-order valence-electron chi connectivity index (χ0n) is 15.1. The predicted molar refractivity (Wildman–Crippen MR) is 94.1 cm³/mol. The Hall–Kier alpha value is -2.68. The molecule has 2 rings (SSSR count). The van der Waals surface area contributed by atoms with Crippen LogP contribution in [-0.2, 0) is 17.5 Å². The van der Waals surface area contributed by atoms with Crippen LogP contribution >= 0.6 is 0 Å². The minimum atomic E-state index is -4.48. The number of benzene rings is 2. The van der Waals surface area contributed by atoms with Crippen molar-refractivity contribution in [1.82, 2.24) is 4.90 Å². The molecule has 152 valence electrons. The molecule has 0 aliphatic carbocycles. The molecule has 0 spiro atoms. The Morgan fingerprint density at radius 2 is 1.71 bits per heavy atom. The van der Waals surface area contributed by atoms with Gasteiger partial charge in [0.05, 0.1) is 11.6 Å². The molecule has 0 aromatic heterocycles. The fraction of sp³-hybridized carbons (Fsp3) is 0.316. The molecule has 0 fully saturated rings. The van der Waals surface area contributed by atoms with Gasteiger partial charge in [-0.3, -0.25) is 9.69 Å². The van der Waals surface area contributed by atoms with Crippen molar-refractivity contribution in [2.75, 3.05) is 12.4 Å². The smallest absolute Gasteiger partial charge is 0.416 e. The van der Waals surface area contributed by atoms with E-state index in [-0.39, 0.29) is 17.9 Å². The van der Waals surface area contributed by atoms with Crippen molar-refractivity contribution in [3.05, 3.63) is 59.7 Å². The van der Waals surface area contributed by atoms with Crippen LogP contribution in [0.15, 0.2) is 48.5 Å². The highest BCUT2D eigenvalue weighted by Gasteiger charge is 2.33.